The number of nitro benzene ring substituents is 1. The zero-order valence-electron chi connectivity index (χ0n) is 14.8. The van der Waals surface area contributed by atoms with Crippen LogP contribution in [0.1, 0.15) is 16.2 Å². The fraction of sp³-hybridized carbons (Fsp3) is 0. The Balaban J connectivity index is 1.49. The van der Waals surface area contributed by atoms with Crippen LogP contribution in [0.3, 0.4) is 0 Å². The average Bonchev–Trinajstić information content (AvgIpc) is 3.34. The second-order valence-corrected chi connectivity index (χ2v) is 6.98. The van der Waals surface area contributed by atoms with Gasteiger partial charge in [-0.25, -0.2) is 5.43 Å². The van der Waals surface area contributed by atoms with E-state index in [4.69, 9.17) is 4.42 Å². The predicted octanol–water partition coefficient (Wildman–Crippen LogP) is 4.66. The number of hydrogen-bond donors (Lipinski definition) is 1. The minimum absolute atomic E-state index is 0.0148. The van der Waals surface area contributed by atoms with Gasteiger partial charge in [0.15, 0.2) is 5.76 Å². The maximum atomic E-state index is 12.3. The summed E-state index contributed by atoms with van der Waals surface area (Å²) in [6.45, 7) is 0. The zero-order valence-corrected chi connectivity index (χ0v) is 16.4. The molecule has 29 heavy (non-hydrogen) atoms. The van der Waals surface area contributed by atoms with Crippen LogP contribution >= 0.6 is 15.9 Å². The van der Waals surface area contributed by atoms with Gasteiger partial charge in [0.1, 0.15) is 5.58 Å². The fourth-order valence-electron chi connectivity index (χ4n) is 2.80. The third kappa shape index (κ3) is 3.94. The van der Waals surface area contributed by atoms with Crippen LogP contribution in [0, 0.1) is 10.1 Å². The SMILES string of the molecule is O=C(N/N=C\c1cccn1-c1ccc(Br)cc1)c1cc2cc([N+](=O)[O-])ccc2o1. The van der Waals surface area contributed by atoms with Crippen LogP contribution in [0.2, 0.25) is 0 Å². The molecule has 0 radical (unpaired) electrons. The van der Waals surface area contributed by atoms with Crippen molar-refractivity contribution < 1.29 is 14.1 Å². The Morgan fingerprint density at radius 2 is 1.97 bits per heavy atom. The Morgan fingerprint density at radius 3 is 2.72 bits per heavy atom. The van der Waals surface area contributed by atoms with Crippen LogP contribution in [-0.2, 0) is 0 Å². The first kappa shape index (κ1) is 18.6. The summed E-state index contributed by atoms with van der Waals surface area (Å²) in [5.41, 5.74) is 4.44. The van der Waals surface area contributed by atoms with E-state index >= 15 is 0 Å². The molecule has 2 heterocycles. The monoisotopic (exact) mass is 452 g/mol. The maximum Gasteiger partial charge on any atom is 0.307 e. The quantitative estimate of drug-likeness (QED) is 0.270. The molecule has 144 valence electrons. The normalized spacial score (nSPS) is 11.2. The highest BCUT2D eigenvalue weighted by Crippen LogP contribution is 2.24. The molecule has 0 aliphatic rings. The lowest BCUT2D eigenvalue weighted by Gasteiger charge is -2.06. The third-order valence-corrected chi connectivity index (χ3v) is 4.71. The Labute approximate surface area is 172 Å². The fourth-order valence-corrected chi connectivity index (χ4v) is 3.07. The summed E-state index contributed by atoms with van der Waals surface area (Å²) in [5, 5.41) is 15.3. The van der Waals surface area contributed by atoms with Crippen LogP contribution in [0.4, 0.5) is 5.69 Å². The van der Waals surface area contributed by atoms with Crippen LogP contribution in [-0.4, -0.2) is 21.6 Å². The molecule has 0 saturated carbocycles. The molecule has 0 aliphatic carbocycles. The average molecular weight is 453 g/mol. The number of halogens is 1. The highest BCUT2D eigenvalue weighted by molar-refractivity contribution is 9.10. The Kier molecular flexibility index (Phi) is 4.96. The maximum absolute atomic E-state index is 12.3. The smallest absolute Gasteiger partial charge is 0.307 e. The van der Waals surface area contributed by atoms with Crippen molar-refractivity contribution in [2.75, 3.05) is 0 Å². The Hall–Kier alpha value is -3.72. The molecule has 0 fully saturated rings. The highest BCUT2D eigenvalue weighted by Gasteiger charge is 2.14. The highest BCUT2D eigenvalue weighted by atomic mass is 79.9. The molecule has 1 amide bonds. The molecule has 4 rings (SSSR count). The summed E-state index contributed by atoms with van der Waals surface area (Å²) in [6.07, 6.45) is 3.41. The molecule has 2 aromatic carbocycles. The van der Waals surface area contributed by atoms with Gasteiger partial charge in [0.05, 0.1) is 16.8 Å². The molecule has 0 aliphatic heterocycles. The van der Waals surface area contributed by atoms with E-state index in [1.54, 1.807) is 0 Å². The number of benzene rings is 2. The van der Waals surface area contributed by atoms with Crippen molar-refractivity contribution in [2.45, 2.75) is 0 Å². The summed E-state index contributed by atoms with van der Waals surface area (Å²) in [4.78, 5) is 22.6. The number of furan rings is 1. The summed E-state index contributed by atoms with van der Waals surface area (Å²) >= 11 is 3.41. The number of rotatable bonds is 5. The van der Waals surface area contributed by atoms with Gasteiger partial charge in [0.2, 0.25) is 0 Å². The van der Waals surface area contributed by atoms with Crippen molar-refractivity contribution in [3.63, 3.8) is 0 Å². The molecule has 2 aromatic heterocycles. The molecular weight excluding hydrogens is 440 g/mol. The first-order valence-electron chi connectivity index (χ1n) is 8.46. The number of hydrogen-bond acceptors (Lipinski definition) is 5. The first-order chi connectivity index (χ1) is 14.0. The summed E-state index contributed by atoms with van der Waals surface area (Å²) < 4.78 is 8.34. The van der Waals surface area contributed by atoms with E-state index in [1.807, 2.05) is 47.2 Å². The van der Waals surface area contributed by atoms with Gasteiger partial charge < -0.3 is 8.98 Å². The Bertz CT molecular complexity index is 1240. The molecule has 1 N–H and O–H groups in total. The Morgan fingerprint density at radius 1 is 1.17 bits per heavy atom. The number of non-ortho nitro benzene ring substituents is 1. The van der Waals surface area contributed by atoms with Gasteiger partial charge in [-0.15, -0.1) is 0 Å². The number of nitro groups is 1. The van der Waals surface area contributed by atoms with Crippen LogP contribution < -0.4 is 5.43 Å². The van der Waals surface area contributed by atoms with E-state index in [0.717, 1.165) is 15.9 Å². The topological polar surface area (TPSA) is 103 Å². The number of carbonyl (C=O) groups is 1. The minimum Gasteiger partial charge on any atom is -0.451 e. The van der Waals surface area contributed by atoms with Gasteiger partial charge in [0.25, 0.3) is 5.69 Å². The number of fused-ring (bicyclic) bond motifs is 1. The lowest BCUT2D eigenvalue weighted by molar-refractivity contribution is -0.384. The largest absolute Gasteiger partial charge is 0.451 e. The number of amides is 1. The van der Waals surface area contributed by atoms with Crippen molar-refractivity contribution in [3.05, 3.63) is 92.9 Å². The zero-order chi connectivity index (χ0) is 20.4. The van der Waals surface area contributed by atoms with Crippen molar-refractivity contribution in [1.29, 1.82) is 0 Å². The van der Waals surface area contributed by atoms with Crippen LogP contribution in [0.15, 0.2) is 80.9 Å². The standard InChI is InChI=1S/C20H13BrN4O4/c21-14-3-5-15(6-4-14)24-9-1-2-17(24)12-22-23-20(26)19-11-13-10-16(25(27)28)7-8-18(13)29-19/h1-12H,(H,23,26)/b22-12-. The number of aromatic nitrogens is 1. The van der Waals surface area contributed by atoms with Crippen molar-refractivity contribution >= 4 is 44.7 Å². The van der Waals surface area contributed by atoms with E-state index in [9.17, 15) is 14.9 Å². The molecule has 0 bridgehead atoms. The first-order valence-corrected chi connectivity index (χ1v) is 9.25. The number of nitrogens with one attached hydrogen (secondary N) is 1. The van der Waals surface area contributed by atoms with Gasteiger partial charge in [-0.2, -0.15) is 5.10 Å². The second-order valence-electron chi connectivity index (χ2n) is 6.07. The van der Waals surface area contributed by atoms with Gasteiger partial charge >= 0.3 is 5.91 Å². The van der Waals surface area contributed by atoms with Gasteiger partial charge in [-0.3, -0.25) is 14.9 Å². The van der Waals surface area contributed by atoms with Crippen molar-refractivity contribution in [2.24, 2.45) is 5.10 Å². The van der Waals surface area contributed by atoms with E-state index < -0.39 is 10.8 Å². The van der Waals surface area contributed by atoms with E-state index in [-0.39, 0.29) is 11.4 Å². The van der Waals surface area contributed by atoms with Gasteiger partial charge in [-0.05, 0) is 48.5 Å². The van der Waals surface area contributed by atoms with Crippen LogP contribution in [0.5, 0.6) is 0 Å². The molecule has 0 saturated heterocycles. The summed E-state index contributed by atoms with van der Waals surface area (Å²) in [6, 6.07) is 17.1. The number of carbonyl (C=O) groups excluding carboxylic acids is 1. The third-order valence-electron chi connectivity index (χ3n) is 4.18. The number of hydrazone groups is 1. The van der Waals surface area contributed by atoms with E-state index in [1.165, 1.54) is 30.5 Å². The molecule has 0 atom stereocenters. The molecule has 0 unspecified atom stereocenters. The van der Waals surface area contributed by atoms with Crippen LogP contribution in [0.25, 0.3) is 16.7 Å². The second kappa shape index (κ2) is 7.72. The molecular formula is C20H13BrN4O4. The lowest BCUT2D eigenvalue weighted by Crippen LogP contribution is -2.17. The molecule has 4 aromatic rings. The van der Waals surface area contributed by atoms with Gasteiger partial charge in [0, 0.05) is 33.9 Å². The molecule has 8 nitrogen and oxygen atoms in total. The van der Waals surface area contributed by atoms with Crippen molar-refractivity contribution in [1.82, 2.24) is 9.99 Å². The molecule has 0 spiro atoms. The van der Waals surface area contributed by atoms with Gasteiger partial charge in [-0.1, -0.05) is 15.9 Å². The van der Waals surface area contributed by atoms with E-state index in [0.29, 0.717) is 11.0 Å². The summed E-state index contributed by atoms with van der Waals surface area (Å²) in [5.74, 6) is -0.539. The number of nitrogens with zero attached hydrogens (tertiary/aromatic N) is 3. The lowest BCUT2D eigenvalue weighted by atomic mass is 10.2. The van der Waals surface area contributed by atoms with E-state index in [2.05, 4.69) is 26.5 Å². The predicted molar refractivity (Wildman–Crippen MR) is 111 cm³/mol. The van der Waals surface area contributed by atoms with Crippen molar-refractivity contribution in [3.8, 4) is 5.69 Å². The minimum atomic E-state index is -0.554. The molecule has 9 heteroatoms. The summed E-state index contributed by atoms with van der Waals surface area (Å²) in [7, 11) is 0.